The molecule has 1 fully saturated rings. The zero-order chi connectivity index (χ0) is 13.8. The van der Waals surface area contributed by atoms with E-state index in [0.29, 0.717) is 5.92 Å². The molecule has 1 N–H and O–H groups in total. The predicted octanol–water partition coefficient (Wildman–Crippen LogP) is 2.04. The van der Waals surface area contributed by atoms with E-state index in [0.717, 1.165) is 6.54 Å². The maximum absolute atomic E-state index is 12.2. The number of nitrogens with zero attached hydrogens (tertiary/aromatic N) is 2. The topological polar surface area (TPSA) is 70.5 Å². The molecule has 0 radical (unpaired) electrons. The molecule has 0 spiro atoms. The highest BCUT2D eigenvalue weighted by molar-refractivity contribution is 5.94. The third-order valence-corrected chi connectivity index (χ3v) is 3.54. The SMILES string of the molecule is CN(CC1CCCC1)C(=O)c1cccc(C(=O)O)n1. The number of aromatic carboxylic acids is 1. The largest absolute Gasteiger partial charge is 0.477 e. The molecule has 2 rings (SSSR count). The van der Waals surface area contributed by atoms with Gasteiger partial charge in [-0.05, 0) is 30.9 Å². The molecule has 1 aliphatic rings. The van der Waals surface area contributed by atoms with Crippen molar-refractivity contribution in [3.63, 3.8) is 0 Å². The standard InChI is InChI=1S/C14H18N2O3/c1-16(9-10-5-2-3-6-10)13(17)11-7-4-8-12(15-11)14(18)19/h4,7-8,10H,2-3,5-6,9H2,1H3,(H,18,19). The van der Waals surface area contributed by atoms with Crippen LogP contribution in [0.1, 0.15) is 46.7 Å². The molecule has 5 heteroatoms. The molecule has 1 amide bonds. The molecule has 19 heavy (non-hydrogen) atoms. The van der Waals surface area contributed by atoms with Crippen molar-refractivity contribution in [3.8, 4) is 0 Å². The van der Waals surface area contributed by atoms with Crippen LogP contribution in [-0.2, 0) is 0 Å². The minimum absolute atomic E-state index is 0.0971. The fourth-order valence-corrected chi connectivity index (χ4v) is 2.53. The van der Waals surface area contributed by atoms with E-state index in [1.807, 2.05) is 0 Å². The number of carboxylic acids is 1. The number of hydrogen-bond acceptors (Lipinski definition) is 3. The summed E-state index contributed by atoms with van der Waals surface area (Å²) in [5.41, 5.74) is 0.0977. The van der Waals surface area contributed by atoms with Gasteiger partial charge in [0.15, 0.2) is 0 Å². The Balaban J connectivity index is 2.05. The van der Waals surface area contributed by atoms with E-state index < -0.39 is 5.97 Å². The molecule has 102 valence electrons. The van der Waals surface area contributed by atoms with Crippen molar-refractivity contribution in [3.05, 3.63) is 29.6 Å². The van der Waals surface area contributed by atoms with Gasteiger partial charge in [0, 0.05) is 13.6 Å². The monoisotopic (exact) mass is 262 g/mol. The van der Waals surface area contributed by atoms with E-state index in [1.54, 1.807) is 24.1 Å². The van der Waals surface area contributed by atoms with Crippen molar-refractivity contribution < 1.29 is 14.7 Å². The Morgan fingerprint density at radius 3 is 2.58 bits per heavy atom. The first kappa shape index (κ1) is 13.5. The summed E-state index contributed by atoms with van der Waals surface area (Å²) in [5, 5.41) is 8.87. The first-order chi connectivity index (χ1) is 9.08. The quantitative estimate of drug-likeness (QED) is 0.901. The Labute approximate surface area is 112 Å². The van der Waals surface area contributed by atoms with Gasteiger partial charge in [-0.15, -0.1) is 0 Å². The molecule has 1 heterocycles. The molecule has 0 saturated heterocycles. The molecule has 1 saturated carbocycles. The highest BCUT2D eigenvalue weighted by Gasteiger charge is 2.21. The number of pyridine rings is 1. The highest BCUT2D eigenvalue weighted by atomic mass is 16.4. The van der Waals surface area contributed by atoms with Gasteiger partial charge in [0.05, 0.1) is 0 Å². The van der Waals surface area contributed by atoms with Gasteiger partial charge in [-0.2, -0.15) is 0 Å². The lowest BCUT2D eigenvalue weighted by Gasteiger charge is -2.20. The molecule has 1 aromatic heterocycles. The summed E-state index contributed by atoms with van der Waals surface area (Å²) in [5.74, 6) is -0.764. The fourth-order valence-electron chi connectivity index (χ4n) is 2.53. The Morgan fingerprint density at radius 2 is 1.95 bits per heavy atom. The summed E-state index contributed by atoms with van der Waals surface area (Å²) in [6.45, 7) is 0.720. The normalized spacial score (nSPS) is 15.4. The van der Waals surface area contributed by atoms with Crippen LogP contribution in [0.3, 0.4) is 0 Å². The van der Waals surface area contributed by atoms with Gasteiger partial charge in [0.25, 0.3) is 5.91 Å². The summed E-state index contributed by atoms with van der Waals surface area (Å²) < 4.78 is 0. The van der Waals surface area contributed by atoms with Gasteiger partial charge >= 0.3 is 5.97 Å². The molecule has 1 aliphatic carbocycles. The van der Waals surface area contributed by atoms with Crippen molar-refractivity contribution in [1.29, 1.82) is 0 Å². The first-order valence-electron chi connectivity index (χ1n) is 6.53. The smallest absolute Gasteiger partial charge is 0.354 e. The first-order valence-corrected chi connectivity index (χ1v) is 6.53. The zero-order valence-corrected chi connectivity index (χ0v) is 11.0. The third kappa shape index (κ3) is 3.30. The van der Waals surface area contributed by atoms with Crippen LogP contribution in [0.25, 0.3) is 0 Å². The molecule has 0 atom stereocenters. The van der Waals surface area contributed by atoms with Crippen molar-refractivity contribution >= 4 is 11.9 Å². The molecular weight excluding hydrogens is 244 g/mol. The summed E-state index contributed by atoms with van der Waals surface area (Å²) in [6, 6.07) is 4.49. The van der Waals surface area contributed by atoms with Crippen LogP contribution in [-0.4, -0.2) is 40.5 Å². The molecule has 0 bridgehead atoms. The Morgan fingerprint density at radius 1 is 1.32 bits per heavy atom. The van der Waals surface area contributed by atoms with Crippen LogP contribution in [0.4, 0.5) is 0 Å². The second-order valence-corrected chi connectivity index (χ2v) is 5.05. The van der Waals surface area contributed by atoms with Crippen LogP contribution >= 0.6 is 0 Å². The summed E-state index contributed by atoms with van der Waals surface area (Å²) in [4.78, 5) is 28.5. The Kier molecular flexibility index (Phi) is 4.14. The number of carboxylic acid groups (broad SMARTS) is 1. The third-order valence-electron chi connectivity index (χ3n) is 3.54. The van der Waals surface area contributed by atoms with Crippen molar-refractivity contribution in [2.75, 3.05) is 13.6 Å². The summed E-state index contributed by atoms with van der Waals surface area (Å²) in [7, 11) is 1.75. The molecule has 0 aliphatic heterocycles. The lowest BCUT2D eigenvalue weighted by molar-refractivity contribution is 0.0690. The molecule has 0 unspecified atom stereocenters. The lowest BCUT2D eigenvalue weighted by Crippen LogP contribution is -2.32. The second-order valence-electron chi connectivity index (χ2n) is 5.05. The zero-order valence-electron chi connectivity index (χ0n) is 11.0. The van der Waals surface area contributed by atoms with Gasteiger partial charge in [0.2, 0.25) is 0 Å². The van der Waals surface area contributed by atoms with Crippen LogP contribution in [0.15, 0.2) is 18.2 Å². The number of carbonyl (C=O) groups is 2. The number of carbonyl (C=O) groups excluding carboxylic acids is 1. The number of hydrogen-bond donors (Lipinski definition) is 1. The Bertz CT molecular complexity index is 481. The van der Waals surface area contributed by atoms with E-state index in [9.17, 15) is 9.59 Å². The molecule has 5 nitrogen and oxygen atoms in total. The van der Waals surface area contributed by atoms with Gasteiger partial charge in [-0.25, -0.2) is 9.78 Å². The van der Waals surface area contributed by atoms with E-state index in [4.69, 9.17) is 5.11 Å². The molecule has 0 aromatic carbocycles. The van der Waals surface area contributed by atoms with E-state index in [1.165, 1.54) is 31.7 Å². The lowest BCUT2D eigenvalue weighted by atomic mass is 10.1. The minimum Gasteiger partial charge on any atom is -0.477 e. The Hall–Kier alpha value is -1.91. The van der Waals surface area contributed by atoms with Crippen LogP contribution in [0.5, 0.6) is 0 Å². The maximum Gasteiger partial charge on any atom is 0.354 e. The van der Waals surface area contributed by atoms with Crippen molar-refractivity contribution in [2.24, 2.45) is 5.92 Å². The maximum atomic E-state index is 12.2. The van der Waals surface area contributed by atoms with Crippen LogP contribution in [0.2, 0.25) is 0 Å². The number of aromatic nitrogens is 1. The minimum atomic E-state index is -1.12. The number of rotatable bonds is 4. The number of amides is 1. The van der Waals surface area contributed by atoms with Gasteiger partial charge in [-0.1, -0.05) is 18.9 Å². The van der Waals surface area contributed by atoms with Gasteiger partial charge in [0.1, 0.15) is 11.4 Å². The van der Waals surface area contributed by atoms with Gasteiger partial charge < -0.3 is 10.0 Å². The summed E-state index contributed by atoms with van der Waals surface area (Å²) >= 11 is 0. The average molecular weight is 262 g/mol. The fraction of sp³-hybridized carbons (Fsp3) is 0.500. The van der Waals surface area contributed by atoms with E-state index in [-0.39, 0.29) is 17.3 Å². The van der Waals surface area contributed by atoms with Gasteiger partial charge in [-0.3, -0.25) is 4.79 Å². The second kappa shape index (κ2) is 5.82. The van der Waals surface area contributed by atoms with E-state index >= 15 is 0 Å². The van der Waals surface area contributed by atoms with Crippen molar-refractivity contribution in [1.82, 2.24) is 9.88 Å². The average Bonchev–Trinajstić information content (AvgIpc) is 2.90. The molecule has 1 aromatic rings. The van der Waals surface area contributed by atoms with Crippen molar-refractivity contribution in [2.45, 2.75) is 25.7 Å². The highest BCUT2D eigenvalue weighted by Crippen LogP contribution is 2.25. The predicted molar refractivity (Wildman–Crippen MR) is 70.1 cm³/mol. The van der Waals surface area contributed by atoms with Crippen LogP contribution in [0, 0.1) is 5.92 Å². The van der Waals surface area contributed by atoms with E-state index in [2.05, 4.69) is 4.98 Å². The summed E-state index contributed by atoms with van der Waals surface area (Å²) in [6.07, 6.45) is 4.80. The molecular formula is C14H18N2O3. The van der Waals surface area contributed by atoms with Crippen LogP contribution < -0.4 is 0 Å².